The van der Waals surface area contributed by atoms with Gasteiger partial charge in [0.1, 0.15) is 0 Å². The molecule has 166 valence electrons. The summed E-state index contributed by atoms with van der Waals surface area (Å²) in [6, 6.07) is 14.5. The molecule has 0 N–H and O–H groups in total. The number of Topliss-reactive ketones (excluding diaryl/α,β-unsaturated/α-hetero) is 1. The molecule has 8 nitrogen and oxygen atoms in total. The van der Waals surface area contributed by atoms with Crippen molar-refractivity contribution in [1.82, 2.24) is 14.4 Å². The zero-order valence-corrected chi connectivity index (χ0v) is 18.8. The van der Waals surface area contributed by atoms with E-state index in [1.54, 1.807) is 47.4 Å². The van der Waals surface area contributed by atoms with Crippen molar-refractivity contribution in [2.75, 3.05) is 26.2 Å². The van der Waals surface area contributed by atoms with Crippen LogP contribution in [0.5, 0.6) is 0 Å². The van der Waals surface area contributed by atoms with Crippen LogP contribution in [0, 0.1) is 0 Å². The summed E-state index contributed by atoms with van der Waals surface area (Å²) in [5.41, 5.74) is 1.23. The van der Waals surface area contributed by atoms with Gasteiger partial charge in [0.25, 0.3) is 5.91 Å². The van der Waals surface area contributed by atoms with Gasteiger partial charge in [0.05, 0.1) is 4.90 Å². The number of rotatable bonds is 5. The summed E-state index contributed by atoms with van der Waals surface area (Å²) in [4.78, 5) is 26.0. The Morgan fingerprint density at radius 2 is 1.69 bits per heavy atom. The minimum atomic E-state index is -3.77. The average Bonchev–Trinajstić information content (AvgIpc) is 3.29. The summed E-state index contributed by atoms with van der Waals surface area (Å²) in [6.45, 7) is 2.10. The molecular formula is C22H20ClN3O5S. The van der Waals surface area contributed by atoms with Crippen LogP contribution in [0.4, 0.5) is 0 Å². The molecule has 0 atom stereocenters. The van der Waals surface area contributed by atoms with Crippen molar-refractivity contribution < 1.29 is 22.5 Å². The van der Waals surface area contributed by atoms with E-state index in [4.69, 9.17) is 16.1 Å². The van der Waals surface area contributed by atoms with Crippen LogP contribution < -0.4 is 0 Å². The van der Waals surface area contributed by atoms with Gasteiger partial charge in [-0.3, -0.25) is 9.59 Å². The van der Waals surface area contributed by atoms with Gasteiger partial charge in [0.2, 0.25) is 10.0 Å². The van der Waals surface area contributed by atoms with Gasteiger partial charge in [-0.05, 0) is 43.3 Å². The van der Waals surface area contributed by atoms with Crippen LogP contribution in [0.15, 0.2) is 64.0 Å². The molecule has 4 rings (SSSR count). The first-order chi connectivity index (χ1) is 15.3. The molecule has 0 radical (unpaired) electrons. The maximum Gasteiger partial charge on any atom is 0.276 e. The molecule has 0 unspecified atom stereocenters. The van der Waals surface area contributed by atoms with Gasteiger partial charge < -0.3 is 9.42 Å². The monoisotopic (exact) mass is 473 g/mol. The third kappa shape index (κ3) is 4.45. The van der Waals surface area contributed by atoms with Gasteiger partial charge in [-0.25, -0.2) is 8.42 Å². The van der Waals surface area contributed by atoms with Crippen LogP contribution in [0.2, 0.25) is 5.02 Å². The summed E-state index contributed by atoms with van der Waals surface area (Å²) in [5.74, 6) is -0.0933. The van der Waals surface area contributed by atoms with Crippen molar-refractivity contribution in [3.05, 3.63) is 70.9 Å². The van der Waals surface area contributed by atoms with Gasteiger partial charge in [-0.2, -0.15) is 4.31 Å². The largest absolute Gasteiger partial charge is 0.355 e. The smallest absolute Gasteiger partial charge is 0.276 e. The lowest BCUT2D eigenvalue weighted by Crippen LogP contribution is -2.50. The topological polar surface area (TPSA) is 101 Å². The van der Waals surface area contributed by atoms with Crippen molar-refractivity contribution in [2.45, 2.75) is 11.8 Å². The predicted molar refractivity (Wildman–Crippen MR) is 118 cm³/mol. The number of ketones is 1. The number of carbonyl (C=O) groups is 2. The zero-order chi connectivity index (χ0) is 22.9. The van der Waals surface area contributed by atoms with Crippen molar-refractivity contribution in [3.63, 3.8) is 0 Å². The maximum atomic E-state index is 13.0. The third-order valence-corrected chi connectivity index (χ3v) is 7.41. The summed E-state index contributed by atoms with van der Waals surface area (Å²) in [5, 5.41) is 4.46. The molecule has 32 heavy (non-hydrogen) atoms. The minimum Gasteiger partial charge on any atom is -0.355 e. The molecule has 0 bridgehead atoms. The molecule has 3 aromatic rings. The number of nitrogens with zero attached hydrogens (tertiary/aromatic N) is 3. The van der Waals surface area contributed by atoms with E-state index in [1.165, 1.54) is 23.4 Å². The minimum absolute atomic E-state index is 0.0640. The Labute approximate surface area is 190 Å². The Morgan fingerprint density at radius 1 is 1.00 bits per heavy atom. The second-order valence-electron chi connectivity index (χ2n) is 7.36. The van der Waals surface area contributed by atoms with E-state index in [0.717, 1.165) is 5.56 Å². The molecule has 1 aromatic heterocycles. The van der Waals surface area contributed by atoms with E-state index in [9.17, 15) is 18.0 Å². The highest BCUT2D eigenvalue weighted by atomic mass is 35.5. The van der Waals surface area contributed by atoms with Crippen LogP contribution in [0.3, 0.4) is 0 Å². The van der Waals surface area contributed by atoms with Crippen molar-refractivity contribution in [2.24, 2.45) is 0 Å². The molecule has 1 saturated heterocycles. The first-order valence-corrected chi connectivity index (χ1v) is 11.7. The van der Waals surface area contributed by atoms with E-state index in [2.05, 4.69) is 5.16 Å². The molecule has 10 heteroatoms. The van der Waals surface area contributed by atoms with Gasteiger partial charge in [0.15, 0.2) is 17.2 Å². The second kappa shape index (κ2) is 8.85. The molecule has 1 aliphatic rings. The van der Waals surface area contributed by atoms with Crippen LogP contribution in [-0.4, -0.2) is 60.6 Å². The number of halogens is 1. The normalized spacial score (nSPS) is 15.0. The van der Waals surface area contributed by atoms with Crippen LogP contribution in [0.25, 0.3) is 11.3 Å². The first-order valence-electron chi connectivity index (χ1n) is 9.89. The van der Waals surface area contributed by atoms with E-state index in [1.807, 2.05) is 0 Å². The van der Waals surface area contributed by atoms with E-state index < -0.39 is 10.0 Å². The Kier molecular flexibility index (Phi) is 6.14. The van der Waals surface area contributed by atoms with Gasteiger partial charge in [-0.1, -0.05) is 28.9 Å². The number of hydrogen-bond acceptors (Lipinski definition) is 6. The lowest BCUT2D eigenvalue weighted by molar-refractivity contribution is 0.0687. The van der Waals surface area contributed by atoms with Crippen LogP contribution in [0.1, 0.15) is 27.8 Å². The summed E-state index contributed by atoms with van der Waals surface area (Å²) in [6.07, 6.45) is 0. The molecule has 1 fully saturated rings. The predicted octanol–water partition coefficient (Wildman–Crippen LogP) is 3.34. The molecule has 0 spiro atoms. The fourth-order valence-corrected chi connectivity index (χ4v) is 5.04. The molecule has 0 saturated carbocycles. The Balaban J connectivity index is 1.43. The standard InChI is InChI=1S/C22H20ClN3O5S/c1-15(27)17-3-2-4-19(13-17)32(29,30)26-11-9-25(10-12-26)22(28)20-14-21(31-24-20)16-5-7-18(23)8-6-16/h2-8,13-14H,9-12H2,1H3. The number of piperazine rings is 1. The van der Waals surface area contributed by atoms with E-state index in [0.29, 0.717) is 16.3 Å². The summed E-state index contributed by atoms with van der Waals surface area (Å²) in [7, 11) is -3.77. The second-order valence-corrected chi connectivity index (χ2v) is 9.74. The van der Waals surface area contributed by atoms with Crippen molar-refractivity contribution in [1.29, 1.82) is 0 Å². The Hall–Kier alpha value is -3.01. The number of aromatic nitrogens is 1. The highest BCUT2D eigenvalue weighted by Gasteiger charge is 2.31. The number of hydrogen-bond donors (Lipinski definition) is 0. The van der Waals surface area contributed by atoms with E-state index in [-0.39, 0.29) is 48.5 Å². The number of amides is 1. The molecular weight excluding hydrogens is 454 g/mol. The quantitative estimate of drug-likeness (QED) is 0.527. The first kappa shape index (κ1) is 22.2. The number of benzene rings is 2. The van der Waals surface area contributed by atoms with Crippen LogP contribution in [-0.2, 0) is 10.0 Å². The highest BCUT2D eigenvalue weighted by molar-refractivity contribution is 7.89. The number of sulfonamides is 1. The molecule has 0 aliphatic carbocycles. The lowest BCUT2D eigenvalue weighted by Gasteiger charge is -2.33. The maximum absolute atomic E-state index is 13.0. The van der Waals surface area contributed by atoms with Gasteiger partial charge in [0, 0.05) is 48.4 Å². The van der Waals surface area contributed by atoms with Gasteiger partial charge in [-0.15, -0.1) is 0 Å². The molecule has 2 heterocycles. The summed E-state index contributed by atoms with van der Waals surface area (Å²) < 4.78 is 32.5. The van der Waals surface area contributed by atoms with E-state index >= 15 is 0 Å². The fraction of sp³-hybridized carbons (Fsp3) is 0.227. The zero-order valence-electron chi connectivity index (χ0n) is 17.2. The highest BCUT2D eigenvalue weighted by Crippen LogP contribution is 2.24. The Bertz CT molecular complexity index is 1260. The third-order valence-electron chi connectivity index (χ3n) is 5.26. The van der Waals surface area contributed by atoms with Crippen molar-refractivity contribution in [3.8, 4) is 11.3 Å². The molecule has 1 aliphatic heterocycles. The SMILES string of the molecule is CC(=O)c1cccc(S(=O)(=O)N2CCN(C(=O)c3cc(-c4ccc(Cl)cc4)on3)CC2)c1. The van der Waals surface area contributed by atoms with Crippen molar-refractivity contribution >= 4 is 33.3 Å². The van der Waals surface area contributed by atoms with Gasteiger partial charge >= 0.3 is 0 Å². The van der Waals surface area contributed by atoms with Crippen LogP contribution >= 0.6 is 11.6 Å². The fourth-order valence-electron chi connectivity index (χ4n) is 3.44. The number of carbonyl (C=O) groups excluding carboxylic acids is 2. The molecule has 1 amide bonds. The Morgan fingerprint density at radius 3 is 2.34 bits per heavy atom. The average molecular weight is 474 g/mol. The summed E-state index contributed by atoms with van der Waals surface area (Å²) >= 11 is 5.89. The molecule has 2 aromatic carbocycles. The lowest BCUT2D eigenvalue weighted by atomic mass is 10.1.